The zero-order valence-electron chi connectivity index (χ0n) is 13.6. The molecule has 132 valence electrons. The van der Waals surface area contributed by atoms with Crippen LogP contribution in [0.2, 0.25) is 5.02 Å². The summed E-state index contributed by atoms with van der Waals surface area (Å²) in [6.07, 6.45) is 3.19. The van der Waals surface area contributed by atoms with Crippen LogP contribution in [0.4, 0.5) is 0 Å². The van der Waals surface area contributed by atoms with Gasteiger partial charge in [-0.05, 0) is 11.6 Å². The van der Waals surface area contributed by atoms with Crippen LogP contribution in [0, 0.1) is 0 Å². The van der Waals surface area contributed by atoms with Gasteiger partial charge in [0.15, 0.2) is 11.4 Å². The Morgan fingerprint density at radius 1 is 1.23 bits per heavy atom. The summed E-state index contributed by atoms with van der Waals surface area (Å²) in [6, 6.07) is 7.29. The van der Waals surface area contributed by atoms with E-state index in [0.29, 0.717) is 35.2 Å². The monoisotopic (exact) mass is 387 g/mol. The number of aromatic nitrogens is 2. The van der Waals surface area contributed by atoms with Gasteiger partial charge in [-0.15, -0.1) is 11.3 Å². The van der Waals surface area contributed by atoms with E-state index in [4.69, 9.17) is 11.6 Å². The van der Waals surface area contributed by atoms with Gasteiger partial charge in [0.2, 0.25) is 5.43 Å². The number of hydrogen-bond donors (Lipinski definition) is 1. The van der Waals surface area contributed by atoms with Crippen LogP contribution in [0.1, 0.15) is 16.1 Å². The molecule has 26 heavy (non-hydrogen) atoms. The van der Waals surface area contributed by atoms with Crippen LogP contribution in [-0.4, -0.2) is 32.0 Å². The molecule has 1 aliphatic rings. The molecular weight excluding hydrogens is 374 g/mol. The fourth-order valence-corrected chi connectivity index (χ4v) is 3.86. The number of hydrogen-bond acceptors (Lipinski definition) is 5. The van der Waals surface area contributed by atoms with Crippen LogP contribution >= 0.6 is 22.9 Å². The van der Waals surface area contributed by atoms with Crippen molar-refractivity contribution in [3.8, 4) is 16.3 Å². The molecule has 3 aromatic rings. The SMILES string of the molecule is O=C1c2c(O)c(=O)c(-c3nccs3)cn2CCN1Cc1ccccc1Cl. The summed E-state index contributed by atoms with van der Waals surface area (Å²) in [5.41, 5.74) is 0.540. The summed E-state index contributed by atoms with van der Waals surface area (Å²) in [6.45, 7) is 1.24. The number of pyridine rings is 1. The maximum atomic E-state index is 12.9. The lowest BCUT2D eigenvalue weighted by molar-refractivity contribution is 0.0683. The van der Waals surface area contributed by atoms with Crippen molar-refractivity contribution < 1.29 is 9.90 Å². The molecule has 1 aromatic carbocycles. The maximum absolute atomic E-state index is 12.9. The van der Waals surface area contributed by atoms with E-state index in [0.717, 1.165) is 5.56 Å². The first-order chi connectivity index (χ1) is 12.6. The fraction of sp³-hybridized carbons (Fsp3) is 0.167. The van der Waals surface area contributed by atoms with Gasteiger partial charge in [0.05, 0.1) is 5.56 Å². The lowest BCUT2D eigenvalue weighted by Gasteiger charge is -2.30. The smallest absolute Gasteiger partial charge is 0.274 e. The number of amides is 1. The second-order valence-electron chi connectivity index (χ2n) is 5.92. The van der Waals surface area contributed by atoms with Crippen molar-refractivity contribution in [3.63, 3.8) is 0 Å². The zero-order chi connectivity index (χ0) is 18.3. The number of halogens is 1. The third-order valence-electron chi connectivity index (χ3n) is 4.34. The zero-order valence-corrected chi connectivity index (χ0v) is 15.1. The molecule has 8 heteroatoms. The van der Waals surface area contributed by atoms with Gasteiger partial charge in [0, 0.05) is 42.4 Å². The van der Waals surface area contributed by atoms with Crippen molar-refractivity contribution in [1.82, 2.24) is 14.5 Å². The van der Waals surface area contributed by atoms with Crippen molar-refractivity contribution >= 4 is 28.8 Å². The molecule has 0 aliphatic carbocycles. The van der Waals surface area contributed by atoms with E-state index in [1.807, 2.05) is 18.2 Å². The molecule has 6 nitrogen and oxygen atoms in total. The largest absolute Gasteiger partial charge is 0.503 e. The molecule has 3 heterocycles. The topological polar surface area (TPSA) is 75.4 Å². The molecule has 0 saturated carbocycles. The van der Waals surface area contributed by atoms with E-state index >= 15 is 0 Å². The van der Waals surface area contributed by atoms with E-state index in [9.17, 15) is 14.7 Å². The molecule has 1 amide bonds. The summed E-state index contributed by atoms with van der Waals surface area (Å²) < 4.78 is 1.62. The number of rotatable bonds is 3. The minimum atomic E-state index is -0.584. The summed E-state index contributed by atoms with van der Waals surface area (Å²) in [5, 5.41) is 13.3. The Bertz CT molecular complexity index is 1050. The summed E-state index contributed by atoms with van der Waals surface area (Å²) in [7, 11) is 0. The molecule has 0 radical (unpaired) electrons. The van der Waals surface area contributed by atoms with Gasteiger partial charge >= 0.3 is 0 Å². The quantitative estimate of drug-likeness (QED) is 0.749. The van der Waals surface area contributed by atoms with Crippen molar-refractivity contribution in [2.45, 2.75) is 13.1 Å². The minimum absolute atomic E-state index is 0.00797. The Balaban J connectivity index is 1.72. The number of benzene rings is 1. The van der Waals surface area contributed by atoms with E-state index in [2.05, 4.69) is 4.98 Å². The molecule has 4 rings (SSSR count). The van der Waals surface area contributed by atoms with Crippen LogP contribution in [0.25, 0.3) is 10.6 Å². The van der Waals surface area contributed by atoms with Crippen LogP contribution in [0.15, 0.2) is 46.8 Å². The summed E-state index contributed by atoms with van der Waals surface area (Å²) in [5.74, 6) is -0.928. The van der Waals surface area contributed by atoms with Crippen LogP contribution in [-0.2, 0) is 13.1 Å². The Hall–Kier alpha value is -2.64. The van der Waals surface area contributed by atoms with E-state index in [1.165, 1.54) is 11.3 Å². The van der Waals surface area contributed by atoms with Gasteiger partial charge in [-0.2, -0.15) is 0 Å². The number of fused-ring (bicyclic) bond motifs is 1. The number of carbonyl (C=O) groups is 1. The summed E-state index contributed by atoms with van der Waals surface area (Å²) >= 11 is 7.49. The molecule has 1 aliphatic heterocycles. The second kappa shape index (κ2) is 6.59. The third kappa shape index (κ3) is 2.79. The highest BCUT2D eigenvalue weighted by molar-refractivity contribution is 7.13. The van der Waals surface area contributed by atoms with Crippen molar-refractivity contribution in [1.29, 1.82) is 0 Å². The lowest BCUT2D eigenvalue weighted by atomic mass is 10.1. The molecule has 1 N–H and O–H groups in total. The predicted molar refractivity (Wildman–Crippen MR) is 99.7 cm³/mol. The molecule has 0 unspecified atom stereocenters. The number of carbonyl (C=O) groups excluding carboxylic acids is 1. The predicted octanol–water partition coefficient (Wildman–Crippen LogP) is 2.99. The van der Waals surface area contributed by atoms with Crippen molar-refractivity contribution in [2.75, 3.05) is 6.54 Å². The van der Waals surface area contributed by atoms with Gasteiger partial charge in [0.25, 0.3) is 5.91 Å². The molecule has 0 spiro atoms. The first-order valence-corrected chi connectivity index (χ1v) is 9.21. The summed E-state index contributed by atoms with van der Waals surface area (Å²) in [4.78, 5) is 31.1. The van der Waals surface area contributed by atoms with Gasteiger partial charge in [-0.1, -0.05) is 29.8 Å². The Morgan fingerprint density at radius 2 is 2.04 bits per heavy atom. The normalized spacial score (nSPS) is 13.7. The first-order valence-electron chi connectivity index (χ1n) is 7.95. The highest BCUT2D eigenvalue weighted by atomic mass is 35.5. The van der Waals surface area contributed by atoms with Crippen LogP contribution < -0.4 is 5.43 Å². The average molecular weight is 388 g/mol. The van der Waals surface area contributed by atoms with Gasteiger partial charge in [-0.3, -0.25) is 9.59 Å². The standard InChI is InChI=1S/C18H14ClN3O3S/c19-13-4-2-1-3-11(13)9-22-7-6-21-10-12(17-20-5-8-26-17)15(23)16(24)14(21)18(22)25/h1-5,8,10,24H,6-7,9H2. The van der Waals surface area contributed by atoms with E-state index < -0.39 is 17.1 Å². The van der Waals surface area contributed by atoms with E-state index in [-0.39, 0.29) is 5.69 Å². The highest BCUT2D eigenvalue weighted by Gasteiger charge is 2.30. The van der Waals surface area contributed by atoms with Gasteiger partial charge in [-0.25, -0.2) is 4.98 Å². The number of nitrogens with zero attached hydrogens (tertiary/aromatic N) is 3. The van der Waals surface area contributed by atoms with Crippen LogP contribution in [0.5, 0.6) is 5.75 Å². The number of thiazole rings is 1. The average Bonchev–Trinajstić information content (AvgIpc) is 3.16. The second-order valence-corrected chi connectivity index (χ2v) is 7.22. The molecule has 0 bridgehead atoms. The maximum Gasteiger partial charge on any atom is 0.274 e. The number of aromatic hydroxyl groups is 1. The first kappa shape index (κ1) is 16.8. The molecular formula is C18H14ClN3O3S. The van der Waals surface area contributed by atoms with Gasteiger partial charge in [0.1, 0.15) is 5.01 Å². The van der Waals surface area contributed by atoms with Crippen molar-refractivity contribution in [3.05, 3.63) is 68.5 Å². The Kier molecular flexibility index (Phi) is 4.26. The molecule has 0 fully saturated rings. The fourth-order valence-electron chi connectivity index (χ4n) is 3.02. The van der Waals surface area contributed by atoms with Crippen LogP contribution in [0.3, 0.4) is 0 Å². The molecule has 0 saturated heterocycles. The highest BCUT2D eigenvalue weighted by Crippen LogP contribution is 2.27. The Labute approximate surface area is 157 Å². The molecule has 0 atom stereocenters. The third-order valence-corrected chi connectivity index (χ3v) is 5.51. The minimum Gasteiger partial charge on any atom is -0.503 e. The molecule has 2 aromatic heterocycles. The Morgan fingerprint density at radius 3 is 2.77 bits per heavy atom. The van der Waals surface area contributed by atoms with Gasteiger partial charge < -0.3 is 14.6 Å². The van der Waals surface area contributed by atoms with Crippen molar-refractivity contribution in [2.24, 2.45) is 0 Å². The van der Waals surface area contributed by atoms with E-state index in [1.54, 1.807) is 33.3 Å². The lowest BCUT2D eigenvalue weighted by Crippen LogP contribution is -2.41.